The smallest absolute Gasteiger partial charge is 0.167 e. The Morgan fingerprint density at radius 2 is 2.06 bits per heavy atom. The molecule has 0 unspecified atom stereocenters. The van der Waals surface area contributed by atoms with Gasteiger partial charge in [0.05, 0.1) is 19.1 Å². The van der Waals surface area contributed by atoms with Crippen LogP contribution in [0, 0.1) is 4.64 Å². The van der Waals surface area contributed by atoms with Gasteiger partial charge in [0, 0.05) is 0 Å². The minimum Gasteiger partial charge on any atom is -0.497 e. The lowest BCUT2D eigenvalue weighted by Gasteiger charge is -2.03. The van der Waals surface area contributed by atoms with Gasteiger partial charge in [-0.15, -0.1) is 5.10 Å². The van der Waals surface area contributed by atoms with Crippen LogP contribution in [0.1, 0.15) is 0 Å². The summed E-state index contributed by atoms with van der Waals surface area (Å²) in [5.41, 5.74) is 2.18. The van der Waals surface area contributed by atoms with Crippen LogP contribution in [0.2, 0.25) is 0 Å². The van der Waals surface area contributed by atoms with Gasteiger partial charge in [0.2, 0.25) is 0 Å². The Labute approximate surface area is 107 Å². The first-order chi connectivity index (χ1) is 8.79. The Morgan fingerprint density at radius 1 is 1.28 bits per heavy atom. The van der Waals surface area contributed by atoms with Gasteiger partial charge in [-0.1, -0.05) is 17.4 Å². The largest absolute Gasteiger partial charge is 0.497 e. The molecule has 7 heteroatoms. The van der Waals surface area contributed by atoms with Crippen LogP contribution >= 0.6 is 12.2 Å². The average Bonchev–Trinajstić information content (AvgIpc) is 2.84. The lowest BCUT2D eigenvalue weighted by molar-refractivity contribution is 0.414. The highest BCUT2D eigenvalue weighted by atomic mass is 32.1. The molecule has 0 radical (unpaired) electrons. The van der Waals surface area contributed by atoms with E-state index in [2.05, 4.69) is 20.3 Å². The van der Waals surface area contributed by atoms with Crippen molar-refractivity contribution >= 4 is 23.4 Å². The predicted octanol–water partition coefficient (Wildman–Crippen LogP) is 1.88. The summed E-state index contributed by atoms with van der Waals surface area (Å²) < 4.78 is 7.22. The van der Waals surface area contributed by atoms with Crippen LogP contribution in [0.4, 0.5) is 0 Å². The lowest BCUT2D eigenvalue weighted by atomic mass is 10.3. The first-order valence-electron chi connectivity index (χ1n) is 5.23. The summed E-state index contributed by atoms with van der Waals surface area (Å²) >= 11 is 5.09. The third kappa shape index (κ3) is 1.65. The first-order valence-corrected chi connectivity index (χ1v) is 5.64. The van der Waals surface area contributed by atoms with Gasteiger partial charge in [0.25, 0.3) is 0 Å². The second kappa shape index (κ2) is 4.19. The zero-order chi connectivity index (χ0) is 12.5. The van der Waals surface area contributed by atoms with Crippen molar-refractivity contribution < 1.29 is 4.74 Å². The van der Waals surface area contributed by atoms with E-state index in [1.807, 2.05) is 24.3 Å². The van der Waals surface area contributed by atoms with Crippen molar-refractivity contribution in [1.29, 1.82) is 0 Å². The Balaban J connectivity index is 2.19. The van der Waals surface area contributed by atoms with E-state index in [-0.39, 0.29) is 0 Å². The van der Waals surface area contributed by atoms with Crippen molar-refractivity contribution in [2.24, 2.45) is 0 Å². The molecule has 0 aliphatic heterocycles. The Hall–Kier alpha value is -2.28. The van der Waals surface area contributed by atoms with Gasteiger partial charge in [-0.3, -0.25) is 0 Å². The maximum Gasteiger partial charge on any atom is 0.167 e. The topological polar surface area (TPSA) is 68.6 Å². The zero-order valence-electron chi connectivity index (χ0n) is 9.49. The standard InChI is InChI=1S/C11H9N5OS/c1-17-8-4-2-7(3-5-8)16-10-9(14-15-16)11(18)13-6-12-10/h2-6H,1H3,(H,12,13,18). The summed E-state index contributed by atoms with van der Waals surface area (Å²) in [5.74, 6) is 0.790. The molecule has 1 N–H and O–H groups in total. The van der Waals surface area contributed by atoms with Gasteiger partial charge < -0.3 is 9.72 Å². The van der Waals surface area contributed by atoms with Crippen molar-refractivity contribution in [2.45, 2.75) is 0 Å². The Bertz CT molecular complexity index is 746. The molecule has 3 aromatic rings. The number of nitrogens with zero attached hydrogens (tertiary/aromatic N) is 4. The summed E-state index contributed by atoms with van der Waals surface area (Å²) in [6.45, 7) is 0. The van der Waals surface area contributed by atoms with E-state index in [9.17, 15) is 0 Å². The number of rotatable bonds is 2. The minimum atomic E-state index is 0.434. The Morgan fingerprint density at radius 3 is 2.78 bits per heavy atom. The van der Waals surface area contributed by atoms with Crippen molar-refractivity contribution in [2.75, 3.05) is 7.11 Å². The fourth-order valence-corrected chi connectivity index (χ4v) is 1.86. The van der Waals surface area contributed by atoms with Crippen LogP contribution in [0.3, 0.4) is 0 Å². The van der Waals surface area contributed by atoms with Crippen LogP contribution in [0.25, 0.3) is 16.9 Å². The number of benzene rings is 1. The van der Waals surface area contributed by atoms with Crippen LogP contribution < -0.4 is 4.74 Å². The second-order valence-corrected chi connectivity index (χ2v) is 3.99. The maximum absolute atomic E-state index is 5.11. The van der Waals surface area contributed by atoms with Crippen LogP contribution in [0.5, 0.6) is 5.75 Å². The van der Waals surface area contributed by atoms with Gasteiger partial charge in [-0.2, -0.15) is 4.68 Å². The van der Waals surface area contributed by atoms with E-state index in [0.29, 0.717) is 10.2 Å². The molecule has 0 aliphatic rings. The quantitative estimate of drug-likeness (QED) is 0.712. The lowest BCUT2D eigenvalue weighted by Crippen LogP contribution is -1.98. The van der Waals surface area contributed by atoms with E-state index >= 15 is 0 Å². The van der Waals surface area contributed by atoms with Crippen molar-refractivity contribution in [1.82, 2.24) is 25.0 Å². The van der Waals surface area contributed by atoms with E-state index in [1.54, 1.807) is 11.8 Å². The molecule has 90 valence electrons. The maximum atomic E-state index is 5.11. The minimum absolute atomic E-state index is 0.434. The Kier molecular flexibility index (Phi) is 2.52. The molecule has 2 heterocycles. The fraction of sp³-hybridized carbons (Fsp3) is 0.0909. The number of fused-ring (bicyclic) bond motifs is 1. The molecular weight excluding hydrogens is 250 g/mol. The van der Waals surface area contributed by atoms with Crippen molar-refractivity contribution in [3.63, 3.8) is 0 Å². The first kappa shape index (κ1) is 10.8. The van der Waals surface area contributed by atoms with Crippen molar-refractivity contribution in [3.8, 4) is 11.4 Å². The van der Waals surface area contributed by atoms with Gasteiger partial charge in [-0.05, 0) is 24.3 Å². The number of hydrogen-bond acceptors (Lipinski definition) is 5. The highest BCUT2D eigenvalue weighted by Gasteiger charge is 2.08. The van der Waals surface area contributed by atoms with Crippen molar-refractivity contribution in [3.05, 3.63) is 35.2 Å². The number of aromatic nitrogens is 5. The second-order valence-electron chi connectivity index (χ2n) is 3.60. The van der Waals surface area contributed by atoms with E-state index in [1.165, 1.54) is 6.33 Å². The molecular formula is C11H9N5OS. The fourth-order valence-electron chi connectivity index (χ4n) is 1.67. The molecule has 0 bridgehead atoms. The zero-order valence-corrected chi connectivity index (χ0v) is 10.3. The van der Waals surface area contributed by atoms with E-state index in [4.69, 9.17) is 17.0 Å². The number of nitrogens with one attached hydrogen (secondary N) is 1. The molecule has 0 saturated heterocycles. The monoisotopic (exact) mass is 259 g/mol. The van der Waals surface area contributed by atoms with Crippen LogP contribution in [-0.2, 0) is 0 Å². The average molecular weight is 259 g/mol. The van der Waals surface area contributed by atoms with Gasteiger partial charge in [0.1, 0.15) is 5.75 Å². The van der Waals surface area contributed by atoms with Gasteiger partial charge in [0.15, 0.2) is 15.8 Å². The number of methoxy groups -OCH3 is 1. The number of aromatic amines is 1. The summed E-state index contributed by atoms with van der Waals surface area (Å²) in [6, 6.07) is 7.51. The highest BCUT2D eigenvalue weighted by Crippen LogP contribution is 2.17. The predicted molar refractivity (Wildman–Crippen MR) is 68.4 cm³/mol. The number of ether oxygens (including phenoxy) is 1. The third-order valence-electron chi connectivity index (χ3n) is 2.57. The SMILES string of the molecule is COc1ccc(-n2nnc3c(=S)nc[nH]c32)cc1. The molecule has 6 nitrogen and oxygen atoms in total. The molecule has 0 atom stereocenters. The number of hydrogen-bond donors (Lipinski definition) is 1. The molecule has 0 amide bonds. The molecule has 0 saturated carbocycles. The van der Waals surface area contributed by atoms with Gasteiger partial charge >= 0.3 is 0 Å². The summed E-state index contributed by atoms with van der Waals surface area (Å²) in [4.78, 5) is 6.96. The van der Waals surface area contributed by atoms with E-state index < -0.39 is 0 Å². The summed E-state index contributed by atoms with van der Waals surface area (Å²) in [7, 11) is 1.63. The highest BCUT2D eigenvalue weighted by molar-refractivity contribution is 7.71. The normalized spacial score (nSPS) is 10.7. The molecule has 0 spiro atoms. The molecule has 18 heavy (non-hydrogen) atoms. The summed E-state index contributed by atoms with van der Waals surface area (Å²) in [6.07, 6.45) is 1.54. The summed E-state index contributed by atoms with van der Waals surface area (Å²) in [5, 5.41) is 8.09. The molecule has 0 fully saturated rings. The van der Waals surface area contributed by atoms with Crippen LogP contribution in [-0.4, -0.2) is 32.1 Å². The molecule has 1 aromatic carbocycles. The third-order valence-corrected chi connectivity index (χ3v) is 2.87. The van der Waals surface area contributed by atoms with Crippen LogP contribution in [0.15, 0.2) is 30.6 Å². The molecule has 0 aliphatic carbocycles. The molecule has 3 rings (SSSR count). The molecule has 2 aromatic heterocycles. The van der Waals surface area contributed by atoms with E-state index in [0.717, 1.165) is 17.1 Å². The van der Waals surface area contributed by atoms with Gasteiger partial charge in [-0.25, -0.2) is 4.98 Å². The number of H-pyrrole nitrogens is 1.